The third-order valence-electron chi connectivity index (χ3n) is 5.06. The molecule has 0 amide bonds. The van der Waals surface area contributed by atoms with Gasteiger partial charge in [0.1, 0.15) is 5.00 Å². The molecule has 1 aliphatic heterocycles. The second kappa shape index (κ2) is 9.62. The Bertz CT molecular complexity index is 925. The molecule has 0 saturated carbocycles. The van der Waals surface area contributed by atoms with Crippen LogP contribution in [0.5, 0.6) is 0 Å². The summed E-state index contributed by atoms with van der Waals surface area (Å²) in [6, 6.07) is 5.61. The Kier molecular flexibility index (Phi) is 7.40. The number of methoxy groups -OCH3 is 1. The lowest BCUT2D eigenvalue weighted by molar-refractivity contribution is 0.0601. The highest BCUT2D eigenvalue weighted by Crippen LogP contribution is 2.33. The summed E-state index contributed by atoms with van der Waals surface area (Å²) in [6.45, 7) is 8.02. The molecule has 0 aliphatic carbocycles. The van der Waals surface area contributed by atoms with E-state index in [4.69, 9.17) is 40.2 Å². The number of rotatable bonds is 4. The van der Waals surface area contributed by atoms with E-state index in [9.17, 15) is 4.79 Å². The summed E-state index contributed by atoms with van der Waals surface area (Å²) in [5.74, 6) is -0.346. The van der Waals surface area contributed by atoms with Crippen LogP contribution in [0.25, 0.3) is 0 Å². The molecular weight excluding hydrogens is 449 g/mol. The number of hydrogen-bond acceptors (Lipinski definition) is 5. The summed E-state index contributed by atoms with van der Waals surface area (Å²) < 4.78 is 4.93. The number of ether oxygens (including phenoxy) is 1. The minimum atomic E-state index is -0.346. The van der Waals surface area contributed by atoms with E-state index < -0.39 is 0 Å². The van der Waals surface area contributed by atoms with E-state index in [0.717, 1.165) is 53.7 Å². The van der Waals surface area contributed by atoms with Crippen LogP contribution in [0.1, 0.15) is 26.4 Å². The van der Waals surface area contributed by atoms with Gasteiger partial charge in [-0.3, -0.25) is 4.90 Å². The van der Waals surface area contributed by atoms with Crippen LogP contribution in [-0.2, 0) is 11.3 Å². The predicted molar refractivity (Wildman–Crippen MR) is 125 cm³/mol. The lowest BCUT2D eigenvalue weighted by atomic mass is 10.1. The monoisotopic (exact) mass is 471 g/mol. The van der Waals surface area contributed by atoms with Gasteiger partial charge in [-0.05, 0) is 49.3 Å². The van der Waals surface area contributed by atoms with Gasteiger partial charge in [-0.15, -0.1) is 11.3 Å². The maximum Gasteiger partial charge on any atom is 0.341 e. The fraction of sp³-hybridized carbons (Fsp3) is 0.400. The van der Waals surface area contributed by atoms with E-state index in [1.165, 1.54) is 18.4 Å². The molecule has 3 rings (SSSR count). The lowest BCUT2D eigenvalue weighted by Crippen LogP contribution is -2.49. The zero-order valence-electron chi connectivity index (χ0n) is 16.6. The normalized spacial score (nSPS) is 14.7. The molecule has 0 spiro atoms. The smallest absolute Gasteiger partial charge is 0.341 e. The molecule has 1 fully saturated rings. The molecule has 9 heteroatoms. The molecular formula is C20H23Cl2N3O2S2. The minimum absolute atomic E-state index is 0.346. The van der Waals surface area contributed by atoms with Crippen molar-refractivity contribution in [2.24, 2.45) is 0 Å². The molecule has 1 N–H and O–H groups in total. The Hall–Kier alpha value is -1.38. The number of esters is 1. The van der Waals surface area contributed by atoms with Crippen molar-refractivity contribution in [3.8, 4) is 0 Å². The third-order valence-corrected chi connectivity index (χ3v) is 7.13. The van der Waals surface area contributed by atoms with Crippen LogP contribution in [0.2, 0.25) is 10.0 Å². The number of halogens is 2. The van der Waals surface area contributed by atoms with Gasteiger partial charge in [-0.25, -0.2) is 4.79 Å². The molecule has 1 aromatic carbocycles. The first-order valence-electron chi connectivity index (χ1n) is 9.20. The quantitative estimate of drug-likeness (QED) is 0.501. The second-order valence-electron chi connectivity index (χ2n) is 6.91. The number of thiocarbonyl (C=S) groups is 1. The van der Waals surface area contributed by atoms with Gasteiger partial charge in [0, 0.05) is 47.6 Å². The van der Waals surface area contributed by atoms with Crippen molar-refractivity contribution in [2.45, 2.75) is 20.4 Å². The van der Waals surface area contributed by atoms with Gasteiger partial charge < -0.3 is 15.0 Å². The standard InChI is InChI=1S/C20H23Cl2N3O2S2/c1-12-13(2)29-18(17(12)19(26)27-3)23-20(28)25-8-6-24(7-9-25)11-14-4-5-15(21)10-16(14)22/h4-5,10H,6-9,11H2,1-3H3,(H,23,28). The fourth-order valence-corrected chi connectivity index (χ4v) is 5.10. The van der Waals surface area contributed by atoms with Gasteiger partial charge in [0.2, 0.25) is 0 Å². The van der Waals surface area contributed by atoms with E-state index in [0.29, 0.717) is 20.7 Å². The van der Waals surface area contributed by atoms with Gasteiger partial charge in [-0.1, -0.05) is 29.3 Å². The number of thiophene rings is 1. The van der Waals surface area contributed by atoms with Crippen LogP contribution >= 0.6 is 46.8 Å². The summed E-state index contributed by atoms with van der Waals surface area (Å²) in [5.41, 5.74) is 2.56. The van der Waals surface area contributed by atoms with Crippen LogP contribution in [0.15, 0.2) is 18.2 Å². The van der Waals surface area contributed by atoms with Crippen molar-refractivity contribution in [1.82, 2.24) is 9.80 Å². The molecule has 1 aliphatic rings. The number of anilines is 1. The van der Waals surface area contributed by atoms with Crippen molar-refractivity contribution in [2.75, 3.05) is 38.6 Å². The number of hydrogen-bond donors (Lipinski definition) is 1. The third kappa shape index (κ3) is 5.22. The summed E-state index contributed by atoms with van der Waals surface area (Å²) >= 11 is 19.4. The first-order valence-corrected chi connectivity index (χ1v) is 11.2. The second-order valence-corrected chi connectivity index (χ2v) is 9.36. The first kappa shape index (κ1) is 22.3. The number of nitrogens with one attached hydrogen (secondary N) is 1. The molecule has 0 unspecified atom stereocenters. The van der Waals surface area contributed by atoms with Gasteiger partial charge in [0.25, 0.3) is 0 Å². The number of carbonyl (C=O) groups excluding carboxylic acids is 1. The van der Waals surface area contributed by atoms with Crippen LogP contribution < -0.4 is 5.32 Å². The maximum atomic E-state index is 12.2. The van der Waals surface area contributed by atoms with Crippen LogP contribution in [-0.4, -0.2) is 54.2 Å². The molecule has 156 valence electrons. The molecule has 1 aromatic heterocycles. The van der Waals surface area contributed by atoms with Crippen molar-refractivity contribution >= 4 is 62.8 Å². The number of aryl methyl sites for hydroxylation is 1. The molecule has 0 atom stereocenters. The topological polar surface area (TPSA) is 44.8 Å². The predicted octanol–water partition coefficient (Wildman–Crippen LogP) is 4.97. The summed E-state index contributed by atoms with van der Waals surface area (Å²) in [5, 5.41) is 5.96. The summed E-state index contributed by atoms with van der Waals surface area (Å²) in [4.78, 5) is 17.7. The van der Waals surface area contributed by atoms with E-state index in [2.05, 4.69) is 15.1 Å². The number of benzene rings is 1. The Morgan fingerprint density at radius 2 is 1.93 bits per heavy atom. The van der Waals surface area contributed by atoms with Crippen LogP contribution in [0.4, 0.5) is 5.00 Å². The molecule has 0 radical (unpaired) electrons. The summed E-state index contributed by atoms with van der Waals surface area (Å²) in [6.07, 6.45) is 0. The molecule has 5 nitrogen and oxygen atoms in total. The van der Waals surface area contributed by atoms with Crippen LogP contribution in [0, 0.1) is 13.8 Å². The van der Waals surface area contributed by atoms with E-state index >= 15 is 0 Å². The SMILES string of the molecule is COC(=O)c1c(NC(=S)N2CCN(Cc3ccc(Cl)cc3Cl)CC2)sc(C)c1C. The number of carbonyl (C=O) groups is 1. The van der Waals surface area contributed by atoms with E-state index in [1.54, 1.807) is 6.07 Å². The molecule has 29 heavy (non-hydrogen) atoms. The Morgan fingerprint density at radius 3 is 2.55 bits per heavy atom. The van der Waals surface area contributed by atoms with Crippen molar-refractivity contribution < 1.29 is 9.53 Å². The minimum Gasteiger partial charge on any atom is -0.465 e. The van der Waals surface area contributed by atoms with Gasteiger partial charge >= 0.3 is 5.97 Å². The molecule has 0 bridgehead atoms. The van der Waals surface area contributed by atoms with Crippen molar-refractivity contribution in [3.63, 3.8) is 0 Å². The van der Waals surface area contributed by atoms with E-state index in [1.807, 2.05) is 26.0 Å². The maximum absolute atomic E-state index is 12.2. The van der Waals surface area contributed by atoms with Gasteiger partial charge in [0.15, 0.2) is 5.11 Å². The average Bonchev–Trinajstić information content (AvgIpc) is 2.97. The summed E-state index contributed by atoms with van der Waals surface area (Å²) in [7, 11) is 1.39. The first-order chi connectivity index (χ1) is 13.8. The van der Waals surface area contributed by atoms with Gasteiger partial charge in [-0.2, -0.15) is 0 Å². The largest absolute Gasteiger partial charge is 0.465 e. The number of piperazine rings is 1. The Labute approximate surface area is 190 Å². The Balaban J connectivity index is 1.59. The Morgan fingerprint density at radius 1 is 1.24 bits per heavy atom. The molecule has 1 saturated heterocycles. The van der Waals surface area contributed by atoms with Gasteiger partial charge in [0.05, 0.1) is 12.7 Å². The fourth-order valence-electron chi connectivity index (χ4n) is 3.24. The zero-order chi connectivity index (χ0) is 21.1. The van der Waals surface area contributed by atoms with Crippen molar-refractivity contribution in [3.05, 3.63) is 49.8 Å². The van der Waals surface area contributed by atoms with Crippen molar-refractivity contribution in [1.29, 1.82) is 0 Å². The number of nitrogens with zero attached hydrogens (tertiary/aromatic N) is 2. The average molecular weight is 472 g/mol. The van der Waals surface area contributed by atoms with E-state index in [-0.39, 0.29) is 5.97 Å². The zero-order valence-corrected chi connectivity index (χ0v) is 19.7. The highest BCUT2D eigenvalue weighted by atomic mass is 35.5. The highest BCUT2D eigenvalue weighted by Gasteiger charge is 2.24. The molecule has 2 heterocycles. The van der Waals surface area contributed by atoms with Crippen LogP contribution in [0.3, 0.4) is 0 Å². The molecule has 2 aromatic rings. The lowest BCUT2D eigenvalue weighted by Gasteiger charge is -2.36. The highest BCUT2D eigenvalue weighted by molar-refractivity contribution is 7.80.